The van der Waals surface area contributed by atoms with E-state index in [2.05, 4.69) is 17.1 Å². The first kappa shape index (κ1) is 14.8. The number of hydrogen-bond donors (Lipinski definition) is 1. The molecule has 1 aromatic rings. The molecule has 0 radical (unpaired) electrons. The highest BCUT2D eigenvalue weighted by Gasteiger charge is 2.40. The molecule has 0 saturated heterocycles. The van der Waals surface area contributed by atoms with Crippen LogP contribution >= 0.6 is 0 Å². The molecule has 1 fully saturated rings. The first-order valence-corrected chi connectivity index (χ1v) is 7.88. The van der Waals surface area contributed by atoms with Crippen molar-refractivity contribution in [2.45, 2.75) is 44.3 Å². The lowest BCUT2D eigenvalue weighted by molar-refractivity contribution is -0.112. The van der Waals surface area contributed by atoms with Gasteiger partial charge in [-0.2, -0.15) is 0 Å². The molecule has 0 atom stereocenters. The van der Waals surface area contributed by atoms with Gasteiger partial charge in [0.1, 0.15) is 10.7 Å². The third-order valence-electron chi connectivity index (χ3n) is 3.05. The minimum Gasteiger partial charge on any atom is -0.359 e. The van der Waals surface area contributed by atoms with Gasteiger partial charge < -0.3 is 9.84 Å². The molecule has 0 bridgehead atoms. The number of anilines is 1. The van der Waals surface area contributed by atoms with E-state index in [0.29, 0.717) is 18.6 Å². The number of sulfone groups is 1. The second-order valence-electron chi connectivity index (χ2n) is 5.95. The quantitative estimate of drug-likeness (QED) is 0.859. The number of carbonyl (C=O) groups excluding carboxylic acids is 1. The van der Waals surface area contributed by atoms with Crippen molar-refractivity contribution < 1.29 is 17.7 Å². The molecule has 0 spiro atoms. The van der Waals surface area contributed by atoms with Crippen molar-refractivity contribution in [1.29, 1.82) is 0 Å². The van der Waals surface area contributed by atoms with Crippen LogP contribution in [-0.4, -0.2) is 24.7 Å². The Morgan fingerprint density at radius 2 is 2.05 bits per heavy atom. The van der Waals surface area contributed by atoms with Crippen LogP contribution in [0.5, 0.6) is 0 Å². The summed E-state index contributed by atoms with van der Waals surface area (Å²) in [4.78, 5) is 11.5. The molecule has 2 rings (SSSR count). The van der Waals surface area contributed by atoms with Crippen LogP contribution in [0.15, 0.2) is 22.1 Å². The van der Waals surface area contributed by atoms with Gasteiger partial charge in [0.25, 0.3) is 5.91 Å². The van der Waals surface area contributed by atoms with Crippen molar-refractivity contribution in [3.63, 3.8) is 0 Å². The maximum atomic E-state index is 11.9. The van der Waals surface area contributed by atoms with E-state index in [4.69, 9.17) is 4.52 Å². The lowest BCUT2D eigenvalue weighted by Crippen LogP contribution is -2.22. The van der Waals surface area contributed by atoms with E-state index >= 15 is 0 Å². The molecule has 1 N–H and O–H groups in total. The van der Waals surface area contributed by atoms with Gasteiger partial charge in [-0.3, -0.25) is 4.79 Å². The number of aromatic nitrogens is 1. The lowest BCUT2D eigenvalue weighted by Gasteiger charge is -2.12. The fraction of sp³-hybridized carbons (Fsp3) is 0.538. The van der Waals surface area contributed by atoms with Gasteiger partial charge >= 0.3 is 0 Å². The van der Waals surface area contributed by atoms with Gasteiger partial charge in [0.05, 0.1) is 5.25 Å². The van der Waals surface area contributed by atoms with Crippen LogP contribution in [-0.2, 0) is 20.0 Å². The Bertz CT molecular complexity index is 648. The number of nitrogens with zero attached hydrogens (tertiary/aromatic N) is 1. The SMILES string of the molecule is C=C(C(=O)Nc1cc(C(C)(C)C)on1)S(=O)(=O)C1CC1. The number of hydrogen-bond acceptors (Lipinski definition) is 5. The molecule has 0 aliphatic heterocycles. The third-order valence-corrected chi connectivity index (χ3v) is 5.27. The Balaban J connectivity index is 2.08. The summed E-state index contributed by atoms with van der Waals surface area (Å²) in [6.07, 6.45) is 1.18. The van der Waals surface area contributed by atoms with Crippen molar-refractivity contribution in [1.82, 2.24) is 5.16 Å². The van der Waals surface area contributed by atoms with Gasteiger partial charge in [-0.15, -0.1) is 0 Å². The normalized spacial score (nSPS) is 15.9. The molecule has 110 valence electrons. The zero-order valence-electron chi connectivity index (χ0n) is 11.8. The molecule has 7 heteroatoms. The third kappa shape index (κ3) is 2.92. The maximum absolute atomic E-state index is 11.9. The second-order valence-corrected chi connectivity index (χ2v) is 8.20. The number of carbonyl (C=O) groups is 1. The van der Waals surface area contributed by atoms with E-state index < -0.39 is 25.9 Å². The molecule has 1 heterocycles. The summed E-state index contributed by atoms with van der Waals surface area (Å²) in [6, 6.07) is 1.58. The van der Waals surface area contributed by atoms with Crippen LogP contribution in [0.1, 0.15) is 39.4 Å². The van der Waals surface area contributed by atoms with E-state index in [-0.39, 0.29) is 11.2 Å². The molecular weight excluding hydrogens is 280 g/mol. The fourth-order valence-corrected chi connectivity index (χ4v) is 3.05. The molecule has 1 aromatic heterocycles. The molecule has 0 unspecified atom stereocenters. The molecular formula is C13H18N2O4S. The van der Waals surface area contributed by atoms with Gasteiger partial charge in [0.2, 0.25) is 0 Å². The first-order valence-electron chi connectivity index (χ1n) is 6.33. The van der Waals surface area contributed by atoms with E-state index in [1.807, 2.05) is 20.8 Å². The molecule has 1 aliphatic rings. The molecule has 1 saturated carbocycles. The minimum absolute atomic E-state index is 0.187. The zero-order valence-corrected chi connectivity index (χ0v) is 12.6. The summed E-state index contributed by atoms with van der Waals surface area (Å²) in [5.41, 5.74) is -0.243. The van der Waals surface area contributed by atoms with Gasteiger partial charge in [-0.05, 0) is 12.8 Å². The highest BCUT2D eigenvalue weighted by molar-refractivity contribution is 7.97. The number of rotatable bonds is 4. The summed E-state index contributed by atoms with van der Waals surface area (Å²) in [5.74, 6) is 0.0289. The lowest BCUT2D eigenvalue weighted by atomic mass is 9.93. The fourth-order valence-electron chi connectivity index (χ4n) is 1.58. The Labute approximate surface area is 118 Å². The molecule has 1 aliphatic carbocycles. The highest BCUT2D eigenvalue weighted by Crippen LogP contribution is 2.33. The summed E-state index contributed by atoms with van der Waals surface area (Å²) >= 11 is 0. The second kappa shape index (κ2) is 4.73. The van der Waals surface area contributed by atoms with Crippen LogP contribution in [0, 0.1) is 0 Å². The van der Waals surface area contributed by atoms with Gasteiger partial charge in [-0.25, -0.2) is 8.42 Å². The maximum Gasteiger partial charge on any atom is 0.267 e. The Morgan fingerprint density at radius 3 is 2.50 bits per heavy atom. The average molecular weight is 298 g/mol. The predicted molar refractivity (Wildman–Crippen MR) is 74.9 cm³/mol. The van der Waals surface area contributed by atoms with E-state index in [1.54, 1.807) is 6.07 Å². The predicted octanol–water partition coefficient (Wildman–Crippen LogP) is 2.00. The summed E-state index contributed by atoms with van der Waals surface area (Å²) in [6.45, 7) is 9.20. The van der Waals surface area contributed by atoms with E-state index in [9.17, 15) is 13.2 Å². The largest absolute Gasteiger partial charge is 0.359 e. The van der Waals surface area contributed by atoms with Crippen molar-refractivity contribution in [2.75, 3.05) is 5.32 Å². The highest BCUT2D eigenvalue weighted by atomic mass is 32.2. The van der Waals surface area contributed by atoms with Crippen LogP contribution in [0.3, 0.4) is 0 Å². The molecule has 6 nitrogen and oxygen atoms in total. The minimum atomic E-state index is -3.57. The standard InChI is InChI=1S/C13H18N2O4S/c1-8(20(17,18)9-5-6-9)12(16)14-11-7-10(19-15-11)13(2,3)4/h7,9H,1,5-6H2,2-4H3,(H,14,15,16). The molecule has 0 aromatic carbocycles. The van der Waals surface area contributed by atoms with Crippen LogP contribution in [0.2, 0.25) is 0 Å². The van der Waals surface area contributed by atoms with E-state index in [1.165, 1.54) is 0 Å². The topological polar surface area (TPSA) is 89.3 Å². The van der Waals surface area contributed by atoms with Gasteiger partial charge in [0.15, 0.2) is 15.7 Å². The summed E-state index contributed by atoms with van der Waals surface area (Å²) < 4.78 is 28.9. The van der Waals surface area contributed by atoms with Crippen molar-refractivity contribution >= 4 is 21.6 Å². The Kier molecular flexibility index (Phi) is 3.49. The van der Waals surface area contributed by atoms with Crippen molar-refractivity contribution in [2.24, 2.45) is 0 Å². The Morgan fingerprint density at radius 1 is 1.45 bits per heavy atom. The van der Waals surface area contributed by atoms with Crippen molar-refractivity contribution in [3.05, 3.63) is 23.3 Å². The monoisotopic (exact) mass is 298 g/mol. The first-order chi connectivity index (χ1) is 9.12. The van der Waals surface area contributed by atoms with E-state index in [0.717, 1.165) is 0 Å². The van der Waals surface area contributed by atoms with Gasteiger partial charge in [0, 0.05) is 11.5 Å². The zero-order chi connectivity index (χ0) is 15.1. The summed E-state index contributed by atoms with van der Waals surface area (Å²) in [7, 11) is -3.57. The molecule has 20 heavy (non-hydrogen) atoms. The summed E-state index contributed by atoms with van der Waals surface area (Å²) in [5, 5.41) is 5.65. The average Bonchev–Trinajstić information content (AvgIpc) is 3.08. The molecule has 1 amide bonds. The number of nitrogens with one attached hydrogen (secondary N) is 1. The smallest absolute Gasteiger partial charge is 0.267 e. The Hall–Kier alpha value is -1.63. The van der Waals surface area contributed by atoms with Crippen LogP contribution in [0.4, 0.5) is 5.82 Å². The van der Waals surface area contributed by atoms with Crippen LogP contribution < -0.4 is 5.32 Å². The number of amides is 1. The van der Waals surface area contributed by atoms with Crippen molar-refractivity contribution in [3.8, 4) is 0 Å². The van der Waals surface area contributed by atoms with Gasteiger partial charge in [-0.1, -0.05) is 32.5 Å². The van der Waals surface area contributed by atoms with Crippen LogP contribution in [0.25, 0.3) is 0 Å².